The van der Waals surface area contributed by atoms with Gasteiger partial charge in [0.1, 0.15) is 17.6 Å². The van der Waals surface area contributed by atoms with Crippen LogP contribution in [0.1, 0.15) is 17.4 Å². The quantitative estimate of drug-likeness (QED) is 0.846. The molecule has 1 aromatic rings. The highest BCUT2D eigenvalue weighted by Gasteiger charge is 2.55. The second kappa shape index (κ2) is 5.57. The van der Waals surface area contributed by atoms with Gasteiger partial charge in [0.05, 0.1) is 29.3 Å². The van der Waals surface area contributed by atoms with Gasteiger partial charge in [0.25, 0.3) is 0 Å². The maximum atomic E-state index is 9.85. The van der Waals surface area contributed by atoms with E-state index in [2.05, 4.69) is 23.1 Å². The molecular weight excluding hydrogens is 302 g/mol. The Kier molecular flexibility index (Phi) is 3.68. The van der Waals surface area contributed by atoms with E-state index < -0.39 is 11.3 Å². The van der Waals surface area contributed by atoms with Gasteiger partial charge in [0, 0.05) is 19.0 Å². The first-order valence-electron chi connectivity index (χ1n) is 7.66. The number of nitrogens with zero attached hydrogens (tertiary/aromatic N) is 4. The number of likely N-dealkylation sites (N-methyl/N-ethyl adjacent to an activating group) is 1. The molecule has 1 aromatic heterocycles. The third-order valence-corrected chi connectivity index (χ3v) is 4.91. The van der Waals surface area contributed by atoms with Crippen LogP contribution in [0.15, 0.2) is 39.5 Å². The van der Waals surface area contributed by atoms with Gasteiger partial charge in [-0.3, -0.25) is 0 Å². The minimum atomic E-state index is -1.62. The van der Waals surface area contributed by atoms with E-state index in [1.54, 1.807) is 6.07 Å². The summed E-state index contributed by atoms with van der Waals surface area (Å²) in [4.78, 5) is 2.09. The van der Waals surface area contributed by atoms with E-state index in [9.17, 15) is 15.8 Å². The van der Waals surface area contributed by atoms with Gasteiger partial charge in [-0.05, 0) is 31.7 Å². The van der Waals surface area contributed by atoms with Crippen LogP contribution in [-0.2, 0) is 0 Å². The summed E-state index contributed by atoms with van der Waals surface area (Å²) < 4.78 is 5.77. The van der Waals surface area contributed by atoms with E-state index in [1.807, 2.05) is 26.1 Å². The molecule has 2 heterocycles. The van der Waals surface area contributed by atoms with E-state index in [0.29, 0.717) is 24.6 Å². The maximum Gasteiger partial charge on any atom is 0.194 e. The number of aryl methyl sites for hydroxylation is 1. The van der Waals surface area contributed by atoms with Crippen molar-refractivity contribution >= 4 is 0 Å². The van der Waals surface area contributed by atoms with Crippen LogP contribution in [0.3, 0.4) is 0 Å². The summed E-state index contributed by atoms with van der Waals surface area (Å²) in [6.45, 7) is 3.14. The van der Waals surface area contributed by atoms with Gasteiger partial charge in [0.15, 0.2) is 5.41 Å². The molecule has 120 valence electrons. The van der Waals surface area contributed by atoms with Crippen molar-refractivity contribution in [2.75, 3.05) is 20.1 Å². The Morgan fingerprint density at radius 2 is 2.00 bits per heavy atom. The number of fused-ring (bicyclic) bond motifs is 1. The molecule has 0 amide bonds. The predicted octanol–water partition coefficient (Wildman–Crippen LogP) is 1.94. The molecule has 0 radical (unpaired) electrons. The van der Waals surface area contributed by atoms with Crippen LogP contribution in [0.4, 0.5) is 0 Å². The minimum absolute atomic E-state index is 0.0288. The fourth-order valence-corrected chi connectivity index (χ4v) is 3.75. The summed E-state index contributed by atoms with van der Waals surface area (Å²) in [7, 11) is 1.96. The zero-order valence-electron chi connectivity index (χ0n) is 13.6. The van der Waals surface area contributed by atoms with Crippen molar-refractivity contribution in [2.45, 2.75) is 12.8 Å². The Morgan fingerprint density at radius 3 is 2.54 bits per heavy atom. The van der Waals surface area contributed by atoms with Crippen molar-refractivity contribution < 1.29 is 4.42 Å². The number of hydrogen-bond donors (Lipinski definition) is 1. The molecule has 2 aliphatic rings. The average Bonchev–Trinajstić information content (AvgIpc) is 3.00. The highest BCUT2D eigenvalue weighted by atomic mass is 16.3. The lowest BCUT2D eigenvalue weighted by molar-refractivity contribution is 0.217. The molecule has 0 aromatic carbocycles. The summed E-state index contributed by atoms with van der Waals surface area (Å²) in [5.74, 6) is 0.516. The van der Waals surface area contributed by atoms with Gasteiger partial charge in [-0.2, -0.15) is 15.8 Å². The van der Waals surface area contributed by atoms with Crippen LogP contribution in [-0.4, -0.2) is 25.0 Å². The van der Waals surface area contributed by atoms with Gasteiger partial charge in [-0.15, -0.1) is 0 Å². The lowest BCUT2D eigenvalue weighted by Gasteiger charge is -2.43. The number of rotatable bonds is 1. The number of furan rings is 1. The Labute approximate surface area is 140 Å². The summed E-state index contributed by atoms with van der Waals surface area (Å²) in [6, 6.07) is 9.88. The molecule has 3 rings (SSSR count). The Bertz CT molecular complexity index is 856. The Morgan fingerprint density at radius 1 is 1.29 bits per heavy atom. The van der Waals surface area contributed by atoms with Gasteiger partial charge in [0.2, 0.25) is 0 Å². The molecule has 1 aliphatic heterocycles. The van der Waals surface area contributed by atoms with E-state index in [4.69, 9.17) is 10.2 Å². The lowest BCUT2D eigenvalue weighted by Crippen LogP contribution is -2.47. The Balaban J connectivity index is 2.33. The number of allylic oxidation sites excluding steroid dienone is 2. The molecule has 0 bridgehead atoms. The fourth-order valence-electron chi connectivity index (χ4n) is 3.75. The monoisotopic (exact) mass is 319 g/mol. The number of nitrogens with two attached hydrogens (primary N) is 1. The minimum Gasteiger partial charge on any atom is -0.466 e. The molecule has 1 aliphatic carbocycles. The maximum absolute atomic E-state index is 9.85. The molecule has 2 N–H and O–H groups in total. The molecule has 2 unspecified atom stereocenters. The highest BCUT2D eigenvalue weighted by molar-refractivity contribution is 5.58. The molecule has 0 fully saturated rings. The van der Waals surface area contributed by atoms with Crippen molar-refractivity contribution in [3.63, 3.8) is 0 Å². The summed E-state index contributed by atoms with van der Waals surface area (Å²) >= 11 is 0. The van der Waals surface area contributed by atoms with Gasteiger partial charge in [-0.25, -0.2) is 0 Å². The van der Waals surface area contributed by atoms with Crippen molar-refractivity contribution in [2.24, 2.45) is 17.1 Å². The third-order valence-electron chi connectivity index (χ3n) is 4.91. The zero-order valence-corrected chi connectivity index (χ0v) is 13.6. The third kappa shape index (κ3) is 2.03. The predicted molar refractivity (Wildman–Crippen MR) is 85.7 cm³/mol. The molecule has 0 saturated carbocycles. The topological polar surface area (TPSA) is 114 Å². The molecule has 6 nitrogen and oxygen atoms in total. The van der Waals surface area contributed by atoms with E-state index >= 15 is 0 Å². The zero-order chi connectivity index (χ0) is 17.5. The fraction of sp³-hybridized carbons (Fsp3) is 0.389. The Hall–Kier alpha value is -3.01. The van der Waals surface area contributed by atoms with Crippen molar-refractivity contribution in [1.82, 2.24) is 4.90 Å². The van der Waals surface area contributed by atoms with Gasteiger partial charge < -0.3 is 15.1 Å². The van der Waals surface area contributed by atoms with Gasteiger partial charge in [-0.1, -0.05) is 6.08 Å². The number of hydrogen-bond acceptors (Lipinski definition) is 6. The standard InChI is InChI=1S/C18H17N5O/c1-11-3-4-15(24-11)16-14-8-23(2)6-5-12(14)13(7-19)17(22)18(16,9-20)10-21/h3-5,14,16H,6,8,22H2,1-2H3. The van der Waals surface area contributed by atoms with Crippen LogP contribution in [0.5, 0.6) is 0 Å². The van der Waals surface area contributed by atoms with Crippen LogP contribution in [0, 0.1) is 52.2 Å². The first kappa shape index (κ1) is 15.9. The molecular formula is C18H17N5O. The van der Waals surface area contributed by atoms with Gasteiger partial charge >= 0.3 is 0 Å². The first-order valence-corrected chi connectivity index (χ1v) is 7.66. The molecule has 6 heteroatoms. The highest BCUT2D eigenvalue weighted by Crippen LogP contribution is 2.54. The average molecular weight is 319 g/mol. The van der Waals surface area contributed by atoms with E-state index in [1.165, 1.54) is 0 Å². The normalized spacial score (nSPS) is 25.9. The molecule has 0 saturated heterocycles. The molecule has 24 heavy (non-hydrogen) atoms. The summed E-state index contributed by atoms with van der Waals surface area (Å²) in [5, 5.41) is 29.3. The molecule has 2 atom stereocenters. The van der Waals surface area contributed by atoms with Crippen LogP contribution in [0.2, 0.25) is 0 Å². The largest absolute Gasteiger partial charge is 0.466 e. The smallest absolute Gasteiger partial charge is 0.194 e. The summed E-state index contributed by atoms with van der Waals surface area (Å²) in [5.41, 5.74) is 5.67. The molecule has 0 spiro atoms. The van der Waals surface area contributed by atoms with Crippen molar-refractivity contribution in [1.29, 1.82) is 15.8 Å². The number of nitriles is 3. The van der Waals surface area contributed by atoms with E-state index in [-0.39, 0.29) is 17.2 Å². The van der Waals surface area contributed by atoms with E-state index in [0.717, 1.165) is 5.57 Å². The van der Waals surface area contributed by atoms with Crippen molar-refractivity contribution in [3.05, 3.63) is 46.6 Å². The second-order valence-electron chi connectivity index (χ2n) is 6.35. The SMILES string of the molecule is Cc1ccc(C2C3CN(C)CC=C3C(C#N)=C(N)C2(C#N)C#N)o1. The van der Waals surface area contributed by atoms with Crippen molar-refractivity contribution in [3.8, 4) is 18.2 Å². The first-order chi connectivity index (χ1) is 11.5. The van der Waals surface area contributed by atoms with Crippen LogP contribution in [0.25, 0.3) is 0 Å². The van der Waals surface area contributed by atoms with Crippen LogP contribution >= 0.6 is 0 Å². The second-order valence-corrected chi connectivity index (χ2v) is 6.35. The van der Waals surface area contributed by atoms with Crippen LogP contribution < -0.4 is 5.73 Å². The lowest BCUT2D eigenvalue weighted by atomic mass is 9.59. The summed E-state index contributed by atoms with van der Waals surface area (Å²) in [6.07, 6.45) is 1.96.